The summed E-state index contributed by atoms with van der Waals surface area (Å²) in [6, 6.07) is 5.90. The van der Waals surface area contributed by atoms with E-state index in [1.807, 2.05) is 25.1 Å². The van der Waals surface area contributed by atoms with E-state index < -0.39 is 0 Å². The summed E-state index contributed by atoms with van der Waals surface area (Å²) in [5.74, 6) is 6.10. The summed E-state index contributed by atoms with van der Waals surface area (Å²) in [6.07, 6.45) is 0. The molecule has 0 atom stereocenters. The maximum atomic E-state index is 5.64. The molecule has 0 amide bonds. The minimum absolute atomic E-state index is 0.331. The van der Waals surface area contributed by atoms with Gasteiger partial charge >= 0.3 is 0 Å². The summed E-state index contributed by atoms with van der Waals surface area (Å²) < 4.78 is 10.4. The van der Waals surface area contributed by atoms with Gasteiger partial charge in [-0.15, -0.1) is 5.10 Å². The lowest BCUT2D eigenvalue weighted by Gasteiger charge is -2.07. The van der Waals surface area contributed by atoms with Crippen molar-refractivity contribution in [3.8, 4) is 5.75 Å². The molecular weight excluding hydrogens is 304 g/mol. The van der Waals surface area contributed by atoms with Gasteiger partial charge in [-0.3, -0.25) is 0 Å². The Morgan fingerprint density at radius 3 is 3.06 bits per heavy atom. The van der Waals surface area contributed by atoms with Crippen LogP contribution in [0.5, 0.6) is 5.75 Å². The number of hydrogen-bond acceptors (Lipinski definition) is 6. The number of hydrazine groups is 1. The van der Waals surface area contributed by atoms with Crippen LogP contribution in [0.1, 0.15) is 11.3 Å². The van der Waals surface area contributed by atoms with Crippen molar-refractivity contribution in [3.63, 3.8) is 0 Å². The fourth-order valence-electron chi connectivity index (χ4n) is 1.28. The van der Waals surface area contributed by atoms with Crippen LogP contribution in [-0.2, 0) is 6.61 Å². The van der Waals surface area contributed by atoms with Crippen molar-refractivity contribution in [3.05, 3.63) is 33.9 Å². The summed E-state index contributed by atoms with van der Waals surface area (Å²) in [5.41, 5.74) is 4.41. The molecule has 0 fully saturated rings. The lowest BCUT2D eigenvalue weighted by molar-refractivity contribution is 0.299. The molecule has 2 rings (SSSR count). The first-order chi connectivity index (χ1) is 8.20. The summed E-state index contributed by atoms with van der Waals surface area (Å²) in [5, 5.41) is 4.65. The van der Waals surface area contributed by atoms with Gasteiger partial charge in [0.15, 0.2) is 5.00 Å². The molecule has 0 saturated heterocycles. The molecule has 90 valence electrons. The molecule has 0 radical (unpaired) electrons. The highest BCUT2D eigenvalue weighted by Gasteiger charge is 2.08. The number of anilines is 1. The van der Waals surface area contributed by atoms with Crippen molar-refractivity contribution in [1.29, 1.82) is 0 Å². The van der Waals surface area contributed by atoms with Crippen LogP contribution in [0.4, 0.5) is 5.00 Å². The maximum Gasteiger partial charge on any atom is 0.150 e. The number of ether oxygens (including phenoxy) is 1. The van der Waals surface area contributed by atoms with Crippen LogP contribution in [0.15, 0.2) is 22.7 Å². The molecule has 1 aromatic carbocycles. The Kier molecular flexibility index (Phi) is 3.93. The third-order valence-electron chi connectivity index (χ3n) is 2.14. The number of benzene rings is 1. The molecule has 7 heteroatoms. The quantitative estimate of drug-likeness (QED) is 0.670. The SMILES string of the molecule is Cc1ccc(OCc2nnsc2NN)c(Br)c1. The fourth-order valence-corrected chi connectivity index (χ4v) is 2.37. The second-order valence-corrected chi connectivity index (χ2v) is 5.02. The average molecular weight is 315 g/mol. The number of nitrogens with two attached hydrogens (primary N) is 1. The Balaban J connectivity index is 2.07. The molecule has 0 spiro atoms. The van der Waals surface area contributed by atoms with Gasteiger partial charge in [0.25, 0.3) is 0 Å². The molecule has 0 unspecified atom stereocenters. The molecule has 0 aliphatic rings. The van der Waals surface area contributed by atoms with Gasteiger partial charge in [0.1, 0.15) is 18.1 Å². The van der Waals surface area contributed by atoms with E-state index in [0.29, 0.717) is 17.3 Å². The second-order valence-electron chi connectivity index (χ2n) is 3.42. The first kappa shape index (κ1) is 12.3. The van der Waals surface area contributed by atoms with E-state index in [1.54, 1.807) is 0 Å². The van der Waals surface area contributed by atoms with E-state index >= 15 is 0 Å². The van der Waals surface area contributed by atoms with Crippen LogP contribution in [0.25, 0.3) is 0 Å². The number of rotatable bonds is 4. The van der Waals surface area contributed by atoms with Gasteiger partial charge in [0.05, 0.1) is 4.47 Å². The number of halogens is 1. The Hall–Kier alpha value is -1.18. The third kappa shape index (κ3) is 2.93. The lowest BCUT2D eigenvalue weighted by Crippen LogP contribution is -2.08. The molecule has 3 N–H and O–H groups in total. The molecule has 0 bridgehead atoms. The first-order valence-corrected chi connectivity index (χ1v) is 6.44. The zero-order valence-electron chi connectivity index (χ0n) is 9.11. The van der Waals surface area contributed by atoms with Gasteiger partial charge in [-0.1, -0.05) is 10.6 Å². The highest BCUT2D eigenvalue weighted by atomic mass is 79.9. The molecule has 1 heterocycles. The van der Waals surface area contributed by atoms with Crippen molar-refractivity contribution >= 4 is 32.5 Å². The van der Waals surface area contributed by atoms with Crippen molar-refractivity contribution in [2.45, 2.75) is 13.5 Å². The van der Waals surface area contributed by atoms with E-state index in [2.05, 4.69) is 30.9 Å². The van der Waals surface area contributed by atoms with E-state index in [9.17, 15) is 0 Å². The van der Waals surface area contributed by atoms with E-state index in [1.165, 1.54) is 17.1 Å². The number of nitrogens with zero attached hydrogens (tertiary/aromatic N) is 2. The number of nitrogen functional groups attached to an aromatic ring is 1. The van der Waals surface area contributed by atoms with Crippen LogP contribution in [0, 0.1) is 6.92 Å². The Morgan fingerprint density at radius 1 is 1.53 bits per heavy atom. The maximum absolute atomic E-state index is 5.64. The van der Waals surface area contributed by atoms with Crippen molar-refractivity contribution < 1.29 is 4.74 Å². The summed E-state index contributed by atoms with van der Waals surface area (Å²) in [4.78, 5) is 0. The van der Waals surface area contributed by atoms with Gasteiger partial charge in [0.2, 0.25) is 0 Å². The predicted molar refractivity (Wildman–Crippen MR) is 70.9 cm³/mol. The molecule has 17 heavy (non-hydrogen) atoms. The van der Waals surface area contributed by atoms with Crippen molar-refractivity contribution in [2.24, 2.45) is 5.84 Å². The number of aryl methyl sites for hydroxylation is 1. The summed E-state index contributed by atoms with van der Waals surface area (Å²) >= 11 is 4.65. The topological polar surface area (TPSA) is 73.1 Å². The fraction of sp³-hybridized carbons (Fsp3) is 0.200. The predicted octanol–water partition coefficient (Wildman–Crippen LogP) is 2.47. The minimum atomic E-state index is 0.331. The molecule has 2 aromatic rings. The monoisotopic (exact) mass is 314 g/mol. The zero-order chi connectivity index (χ0) is 12.3. The summed E-state index contributed by atoms with van der Waals surface area (Å²) in [7, 11) is 0. The number of hydrogen-bond donors (Lipinski definition) is 2. The number of nitrogens with one attached hydrogen (secondary N) is 1. The van der Waals surface area contributed by atoms with Gasteiger partial charge in [0, 0.05) is 11.5 Å². The van der Waals surface area contributed by atoms with Crippen LogP contribution in [0.2, 0.25) is 0 Å². The molecule has 0 saturated carbocycles. The van der Waals surface area contributed by atoms with E-state index in [4.69, 9.17) is 10.6 Å². The van der Waals surface area contributed by atoms with Crippen LogP contribution in [0.3, 0.4) is 0 Å². The first-order valence-electron chi connectivity index (χ1n) is 4.87. The molecule has 1 aromatic heterocycles. The highest BCUT2D eigenvalue weighted by Crippen LogP contribution is 2.27. The van der Waals surface area contributed by atoms with Gasteiger partial charge < -0.3 is 10.2 Å². The molecule has 5 nitrogen and oxygen atoms in total. The third-order valence-corrected chi connectivity index (χ3v) is 3.46. The molecule has 0 aliphatic carbocycles. The van der Waals surface area contributed by atoms with Crippen LogP contribution in [-0.4, -0.2) is 9.59 Å². The highest BCUT2D eigenvalue weighted by molar-refractivity contribution is 9.10. The smallest absolute Gasteiger partial charge is 0.150 e. The van der Waals surface area contributed by atoms with Gasteiger partial charge in [-0.05, 0) is 40.5 Å². The van der Waals surface area contributed by atoms with Crippen molar-refractivity contribution in [2.75, 3.05) is 5.43 Å². The molecule has 0 aliphatic heterocycles. The van der Waals surface area contributed by atoms with Crippen LogP contribution >= 0.6 is 27.5 Å². The summed E-state index contributed by atoms with van der Waals surface area (Å²) in [6.45, 7) is 2.35. The minimum Gasteiger partial charge on any atom is -0.486 e. The normalized spacial score (nSPS) is 10.3. The van der Waals surface area contributed by atoms with Crippen LogP contribution < -0.4 is 16.0 Å². The standard InChI is InChI=1S/C10H11BrN4OS/c1-6-2-3-9(7(11)4-6)16-5-8-10(13-12)17-15-14-8/h2-4,13H,5,12H2,1H3. The van der Waals surface area contributed by atoms with E-state index in [-0.39, 0.29) is 0 Å². The van der Waals surface area contributed by atoms with Gasteiger partial charge in [-0.2, -0.15) is 0 Å². The van der Waals surface area contributed by atoms with Crippen molar-refractivity contribution in [1.82, 2.24) is 9.59 Å². The zero-order valence-corrected chi connectivity index (χ0v) is 11.5. The Labute approximate surface area is 111 Å². The Morgan fingerprint density at radius 2 is 2.35 bits per heavy atom. The second kappa shape index (κ2) is 5.44. The Bertz CT molecular complexity index is 517. The lowest BCUT2D eigenvalue weighted by atomic mass is 10.2. The van der Waals surface area contributed by atoms with E-state index in [0.717, 1.165) is 10.2 Å². The molecular formula is C10H11BrN4OS. The average Bonchev–Trinajstić information content (AvgIpc) is 2.75. The number of aromatic nitrogens is 2. The van der Waals surface area contributed by atoms with Gasteiger partial charge in [-0.25, -0.2) is 5.84 Å². The largest absolute Gasteiger partial charge is 0.486 e.